The van der Waals surface area contributed by atoms with E-state index in [9.17, 15) is 9.59 Å². The highest BCUT2D eigenvalue weighted by atomic mass is 32.1. The lowest BCUT2D eigenvalue weighted by molar-refractivity contribution is -0.125. The molecule has 2 amide bonds. The number of carbonyl (C=O) groups excluding carboxylic acids is 2. The van der Waals surface area contributed by atoms with E-state index < -0.39 is 0 Å². The standard InChI is InChI=1S/C24H31N3O3S/c28-22(19-9-5-2-6-10-19)25-11-12-26-23(29)21-17-20(18-7-3-1-4-8-18)24(31-21)27-13-15-30-16-14-27/h1,3-4,7-8,17,19H,2,5-6,9-16H2,(H,25,28)(H,26,29). The van der Waals surface area contributed by atoms with Gasteiger partial charge in [-0.25, -0.2) is 0 Å². The van der Waals surface area contributed by atoms with E-state index in [0.717, 1.165) is 54.9 Å². The van der Waals surface area contributed by atoms with Gasteiger partial charge in [0.05, 0.1) is 23.1 Å². The highest BCUT2D eigenvalue weighted by Gasteiger charge is 2.22. The molecule has 1 aliphatic carbocycles. The van der Waals surface area contributed by atoms with Crippen molar-refractivity contribution in [3.05, 3.63) is 41.3 Å². The maximum atomic E-state index is 12.8. The number of thiophene rings is 1. The molecule has 166 valence electrons. The summed E-state index contributed by atoms with van der Waals surface area (Å²) in [6.07, 6.45) is 5.49. The zero-order valence-corrected chi connectivity index (χ0v) is 18.7. The molecule has 6 nitrogen and oxygen atoms in total. The van der Waals surface area contributed by atoms with Crippen LogP contribution in [0.25, 0.3) is 11.1 Å². The largest absolute Gasteiger partial charge is 0.378 e. The minimum absolute atomic E-state index is 0.0893. The molecule has 1 saturated heterocycles. The summed E-state index contributed by atoms with van der Waals surface area (Å²) < 4.78 is 5.50. The Morgan fingerprint density at radius 1 is 1.00 bits per heavy atom. The molecule has 31 heavy (non-hydrogen) atoms. The van der Waals surface area contributed by atoms with Crippen LogP contribution in [0.3, 0.4) is 0 Å². The van der Waals surface area contributed by atoms with Gasteiger partial charge in [0.15, 0.2) is 0 Å². The maximum absolute atomic E-state index is 12.8. The fourth-order valence-electron chi connectivity index (χ4n) is 4.28. The quantitative estimate of drug-likeness (QED) is 0.643. The smallest absolute Gasteiger partial charge is 0.261 e. The first-order valence-corrected chi connectivity index (χ1v) is 12.1. The van der Waals surface area contributed by atoms with E-state index in [0.29, 0.717) is 31.2 Å². The van der Waals surface area contributed by atoms with Crippen LogP contribution >= 0.6 is 11.3 Å². The fraction of sp³-hybridized carbons (Fsp3) is 0.500. The highest BCUT2D eigenvalue weighted by molar-refractivity contribution is 7.18. The summed E-state index contributed by atoms with van der Waals surface area (Å²) in [5.74, 6) is 0.186. The Balaban J connectivity index is 1.37. The number of ether oxygens (including phenoxy) is 1. The van der Waals surface area contributed by atoms with Gasteiger partial charge < -0.3 is 20.3 Å². The predicted molar refractivity (Wildman–Crippen MR) is 125 cm³/mol. The van der Waals surface area contributed by atoms with E-state index >= 15 is 0 Å². The number of amides is 2. The Kier molecular flexibility index (Phi) is 7.59. The highest BCUT2D eigenvalue weighted by Crippen LogP contribution is 2.39. The molecule has 7 heteroatoms. The Hall–Kier alpha value is -2.38. The average Bonchev–Trinajstić information content (AvgIpc) is 3.29. The topological polar surface area (TPSA) is 70.7 Å². The van der Waals surface area contributed by atoms with Crippen LogP contribution in [0.15, 0.2) is 36.4 Å². The van der Waals surface area contributed by atoms with Crippen LogP contribution in [0.5, 0.6) is 0 Å². The zero-order valence-electron chi connectivity index (χ0n) is 17.9. The first-order chi connectivity index (χ1) is 15.2. The number of benzene rings is 1. The SMILES string of the molecule is O=C(NCCNC(=O)C1CCCCC1)c1cc(-c2ccccc2)c(N2CCOCC2)s1. The van der Waals surface area contributed by atoms with Gasteiger partial charge in [0.25, 0.3) is 5.91 Å². The minimum atomic E-state index is -0.0893. The number of hydrogen-bond donors (Lipinski definition) is 2. The summed E-state index contributed by atoms with van der Waals surface area (Å²) in [5.41, 5.74) is 2.20. The lowest BCUT2D eigenvalue weighted by atomic mass is 9.89. The molecule has 0 atom stereocenters. The van der Waals surface area contributed by atoms with Gasteiger partial charge in [-0.3, -0.25) is 9.59 Å². The van der Waals surface area contributed by atoms with Gasteiger partial charge in [-0.05, 0) is 24.5 Å². The molecule has 0 radical (unpaired) electrons. The second kappa shape index (κ2) is 10.8. The number of anilines is 1. The number of hydrogen-bond acceptors (Lipinski definition) is 5. The van der Waals surface area contributed by atoms with Crippen LogP contribution in [0.4, 0.5) is 5.00 Å². The van der Waals surface area contributed by atoms with Crippen LogP contribution < -0.4 is 15.5 Å². The van der Waals surface area contributed by atoms with Crippen molar-refractivity contribution in [2.45, 2.75) is 32.1 Å². The van der Waals surface area contributed by atoms with Crippen molar-refractivity contribution in [2.75, 3.05) is 44.3 Å². The second-order valence-corrected chi connectivity index (χ2v) is 9.21. The zero-order chi connectivity index (χ0) is 21.5. The third kappa shape index (κ3) is 5.66. The third-order valence-corrected chi connectivity index (χ3v) is 7.20. The van der Waals surface area contributed by atoms with Crippen LogP contribution in [-0.2, 0) is 9.53 Å². The van der Waals surface area contributed by atoms with E-state index in [1.54, 1.807) is 0 Å². The molecule has 4 rings (SSSR count). The van der Waals surface area contributed by atoms with E-state index in [4.69, 9.17) is 4.74 Å². The Morgan fingerprint density at radius 2 is 1.71 bits per heavy atom. The molecule has 0 spiro atoms. The average molecular weight is 442 g/mol. The molecule has 2 N–H and O–H groups in total. The molecule has 1 saturated carbocycles. The number of nitrogens with zero attached hydrogens (tertiary/aromatic N) is 1. The molecule has 2 aromatic rings. The van der Waals surface area contributed by atoms with Gasteiger partial charge in [0.1, 0.15) is 0 Å². The Bertz CT molecular complexity index is 871. The molecule has 1 aliphatic heterocycles. The van der Waals surface area contributed by atoms with Gasteiger partial charge in [-0.1, -0.05) is 49.6 Å². The van der Waals surface area contributed by atoms with Crippen molar-refractivity contribution >= 4 is 28.2 Å². The van der Waals surface area contributed by atoms with Crippen molar-refractivity contribution in [3.8, 4) is 11.1 Å². The lowest BCUT2D eigenvalue weighted by Crippen LogP contribution is -2.38. The molecule has 1 aromatic carbocycles. The number of carbonyl (C=O) groups is 2. The molecule has 1 aromatic heterocycles. The van der Waals surface area contributed by atoms with Crippen molar-refractivity contribution in [2.24, 2.45) is 5.92 Å². The summed E-state index contributed by atoms with van der Waals surface area (Å²) in [5, 5.41) is 7.06. The van der Waals surface area contributed by atoms with Gasteiger partial charge in [0, 0.05) is 37.7 Å². The number of nitrogens with one attached hydrogen (secondary N) is 2. The maximum Gasteiger partial charge on any atom is 0.261 e. The molecule has 2 heterocycles. The van der Waals surface area contributed by atoms with E-state index in [2.05, 4.69) is 27.7 Å². The first-order valence-electron chi connectivity index (χ1n) is 11.3. The summed E-state index contributed by atoms with van der Waals surface area (Å²) in [6, 6.07) is 12.2. The third-order valence-electron chi connectivity index (χ3n) is 6.01. The normalized spacial score (nSPS) is 17.4. The minimum Gasteiger partial charge on any atom is -0.378 e. The van der Waals surface area contributed by atoms with Gasteiger partial charge in [-0.2, -0.15) is 0 Å². The first kappa shape index (κ1) is 21.8. The van der Waals surface area contributed by atoms with Gasteiger partial charge >= 0.3 is 0 Å². The van der Waals surface area contributed by atoms with Crippen LogP contribution in [0.1, 0.15) is 41.8 Å². The van der Waals surface area contributed by atoms with Gasteiger partial charge in [-0.15, -0.1) is 11.3 Å². The Labute approximate surface area is 188 Å². The van der Waals surface area contributed by atoms with Crippen LogP contribution in [0, 0.1) is 5.92 Å². The van der Waals surface area contributed by atoms with E-state index in [-0.39, 0.29) is 17.7 Å². The van der Waals surface area contributed by atoms with E-state index in [1.165, 1.54) is 17.8 Å². The Morgan fingerprint density at radius 3 is 2.45 bits per heavy atom. The van der Waals surface area contributed by atoms with Crippen LogP contribution in [-0.4, -0.2) is 51.2 Å². The summed E-state index contributed by atoms with van der Waals surface area (Å²) in [6.45, 7) is 3.96. The fourth-order valence-corrected chi connectivity index (χ4v) is 5.43. The van der Waals surface area contributed by atoms with Crippen LogP contribution in [0.2, 0.25) is 0 Å². The lowest BCUT2D eigenvalue weighted by Gasteiger charge is -2.28. The summed E-state index contributed by atoms with van der Waals surface area (Å²) in [4.78, 5) is 28.1. The van der Waals surface area contributed by atoms with Crippen molar-refractivity contribution in [3.63, 3.8) is 0 Å². The molecule has 0 unspecified atom stereocenters. The predicted octanol–water partition coefficient (Wildman–Crippen LogP) is 3.68. The molecule has 2 fully saturated rings. The molecular formula is C24H31N3O3S. The second-order valence-electron chi connectivity index (χ2n) is 8.18. The molecule has 2 aliphatic rings. The van der Waals surface area contributed by atoms with E-state index in [1.807, 2.05) is 24.3 Å². The van der Waals surface area contributed by atoms with Crippen molar-refractivity contribution in [1.82, 2.24) is 10.6 Å². The monoisotopic (exact) mass is 441 g/mol. The molecule has 0 bridgehead atoms. The number of morpholine rings is 1. The molecular weight excluding hydrogens is 410 g/mol. The summed E-state index contributed by atoms with van der Waals surface area (Å²) >= 11 is 1.53. The van der Waals surface area contributed by atoms with Gasteiger partial charge in [0.2, 0.25) is 5.91 Å². The number of rotatable bonds is 7. The summed E-state index contributed by atoms with van der Waals surface area (Å²) in [7, 11) is 0. The van der Waals surface area contributed by atoms with Crippen molar-refractivity contribution in [1.29, 1.82) is 0 Å². The van der Waals surface area contributed by atoms with Crippen molar-refractivity contribution < 1.29 is 14.3 Å².